The van der Waals surface area contributed by atoms with Crippen LogP contribution in [0, 0.1) is 0 Å². The van der Waals surface area contributed by atoms with Crippen molar-refractivity contribution in [3.8, 4) is 11.5 Å². The van der Waals surface area contributed by atoms with Crippen LogP contribution in [0.4, 0.5) is 0 Å². The van der Waals surface area contributed by atoms with Gasteiger partial charge < -0.3 is 14.6 Å². The molecule has 106 valence electrons. The van der Waals surface area contributed by atoms with Gasteiger partial charge in [-0.1, -0.05) is 25.4 Å². The molecule has 0 bridgehead atoms. The van der Waals surface area contributed by atoms with Crippen LogP contribution < -0.4 is 9.47 Å². The number of hydrogen-bond donors (Lipinski definition) is 1. The predicted molar refractivity (Wildman–Crippen MR) is 76.4 cm³/mol. The molecule has 0 unspecified atom stereocenters. The third kappa shape index (κ3) is 2.98. The molecule has 1 fully saturated rings. The Hall–Kier alpha value is -0.930. The first kappa shape index (κ1) is 14.5. The van der Waals surface area contributed by atoms with Crippen molar-refractivity contribution in [1.82, 2.24) is 0 Å². The molecular formula is C15H21ClO3. The quantitative estimate of drug-likeness (QED) is 0.899. The van der Waals surface area contributed by atoms with Crippen molar-refractivity contribution in [3.05, 3.63) is 22.7 Å². The molecule has 19 heavy (non-hydrogen) atoms. The molecule has 0 amide bonds. The topological polar surface area (TPSA) is 38.7 Å². The molecular weight excluding hydrogens is 264 g/mol. The summed E-state index contributed by atoms with van der Waals surface area (Å²) >= 11 is 6.28. The highest BCUT2D eigenvalue weighted by atomic mass is 35.5. The van der Waals surface area contributed by atoms with Crippen molar-refractivity contribution < 1.29 is 14.6 Å². The van der Waals surface area contributed by atoms with Crippen molar-refractivity contribution in [2.45, 2.75) is 44.6 Å². The molecule has 0 aliphatic heterocycles. The van der Waals surface area contributed by atoms with Gasteiger partial charge in [0.25, 0.3) is 0 Å². The lowest BCUT2D eigenvalue weighted by molar-refractivity contribution is 0.115. The molecule has 0 atom stereocenters. The maximum absolute atomic E-state index is 9.50. The Morgan fingerprint density at radius 1 is 1.32 bits per heavy atom. The second-order valence-electron chi connectivity index (χ2n) is 5.70. The zero-order chi connectivity index (χ0) is 14.0. The summed E-state index contributed by atoms with van der Waals surface area (Å²) < 4.78 is 11.3. The molecule has 0 spiro atoms. The molecule has 1 aromatic carbocycles. The van der Waals surface area contributed by atoms with E-state index in [1.807, 2.05) is 19.9 Å². The first-order valence-electron chi connectivity index (χ1n) is 6.63. The van der Waals surface area contributed by atoms with E-state index in [0.717, 1.165) is 18.4 Å². The fourth-order valence-corrected chi connectivity index (χ4v) is 2.47. The zero-order valence-corrected chi connectivity index (χ0v) is 12.5. The van der Waals surface area contributed by atoms with Crippen molar-refractivity contribution in [3.63, 3.8) is 0 Å². The van der Waals surface area contributed by atoms with Gasteiger partial charge in [0.1, 0.15) is 0 Å². The minimum Gasteiger partial charge on any atom is -0.493 e. The summed E-state index contributed by atoms with van der Waals surface area (Å²) in [5.74, 6) is 1.36. The molecule has 3 nitrogen and oxygen atoms in total. The van der Waals surface area contributed by atoms with Crippen LogP contribution >= 0.6 is 11.6 Å². The van der Waals surface area contributed by atoms with Gasteiger partial charge in [0.05, 0.1) is 19.8 Å². The maximum Gasteiger partial charge on any atom is 0.162 e. The Kier molecular flexibility index (Phi) is 4.26. The minimum atomic E-state index is -0.402. The van der Waals surface area contributed by atoms with E-state index in [2.05, 4.69) is 0 Å². The smallest absolute Gasteiger partial charge is 0.162 e. The predicted octanol–water partition coefficient (Wildman–Crippen LogP) is 3.55. The standard InChI is InChI=1S/C15H21ClO3/c1-15(2,9-17)11-7-14(19-10-5-4-6-10)13(18-3)8-12(11)16/h7-8,10,17H,4-6,9H2,1-3H3. The number of hydrogen-bond acceptors (Lipinski definition) is 3. The van der Waals surface area contributed by atoms with Crippen molar-refractivity contribution in [1.29, 1.82) is 0 Å². The lowest BCUT2D eigenvalue weighted by Gasteiger charge is -2.29. The minimum absolute atomic E-state index is 0.0297. The molecule has 2 rings (SSSR count). The summed E-state index contributed by atoms with van der Waals surface area (Å²) in [5.41, 5.74) is 0.480. The van der Waals surface area contributed by atoms with Crippen LogP contribution in [0.2, 0.25) is 5.02 Å². The van der Waals surface area contributed by atoms with Gasteiger partial charge in [-0.15, -0.1) is 0 Å². The summed E-state index contributed by atoms with van der Waals surface area (Å²) in [6.45, 7) is 3.93. The molecule has 1 aliphatic carbocycles. The molecule has 1 aliphatic rings. The summed E-state index contributed by atoms with van der Waals surface area (Å²) in [6, 6.07) is 3.66. The van der Waals surface area contributed by atoms with Crippen LogP contribution in [-0.2, 0) is 5.41 Å². The van der Waals surface area contributed by atoms with E-state index in [4.69, 9.17) is 21.1 Å². The van der Waals surface area contributed by atoms with Gasteiger partial charge in [0.2, 0.25) is 0 Å². The Labute approximate surface area is 119 Å². The summed E-state index contributed by atoms with van der Waals surface area (Å²) in [7, 11) is 1.61. The third-order valence-electron chi connectivity index (χ3n) is 3.72. The van der Waals surface area contributed by atoms with Crippen LogP contribution in [0.5, 0.6) is 11.5 Å². The van der Waals surface area contributed by atoms with Crippen molar-refractivity contribution >= 4 is 11.6 Å². The van der Waals surface area contributed by atoms with Crippen molar-refractivity contribution in [2.24, 2.45) is 0 Å². The van der Waals surface area contributed by atoms with Crippen LogP contribution in [0.3, 0.4) is 0 Å². The highest BCUT2D eigenvalue weighted by molar-refractivity contribution is 6.31. The Morgan fingerprint density at radius 3 is 2.47 bits per heavy atom. The second-order valence-corrected chi connectivity index (χ2v) is 6.10. The third-order valence-corrected chi connectivity index (χ3v) is 4.04. The Bertz CT molecular complexity index is 453. The fourth-order valence-electron chi connectivity index (χ4n) is 2.06. The van der Waals surface area contributed by atoms with E-state index in [0.29, 0.717) is 16.5 Å². The Morgan fingerprint density at radius 2 is 2.00 bits per heavy atom. The van der Waals surface area contributed by atoms with Gasteiger partial charge in [-0.05, 0) is 30.9 Å². The molecule has 1 saturated carbocycles. The van der Waals surface area contributed by atoms with E-state index in [1.54, 1.807) is 13.2 Å². The lowest BCUT2D eigenvalue weighted by Crippen LogP contribution is -2.26. The van der Waals surface area contributed by atoms with E-state index in [9.17, 15) is 5.11 Å². The van der Waals surface area contributed by atoms with Gasteiger partial charge in [0, 0.05) is 16.5 Å². The van der Waals surface area contributed by atoms with Gasteiger partial charge in [-0.25, -0.2) is 0 Å². The molecule has 0 saturated heterocycles. The average molecular weight is 285 g/mol. The molecule has 0 aromatic heterocycles. The second kappa shape index (κ2) is 5.59. The van der Waals surface area contributed by atoms with Crippen LogP contribution in [0.1, 0.15) is 38.7 Å². The van der Waals surface area contributed by atoms with Crippen LogP contribution in [0.25, 0.3) is 0 Å². The van der Waals surface area contributed by atoms with Gasteiger partial charge >= 0.3 is 0 Å². The number of halogens is 1. The number of methoxy groups -OCH3 is 1. The number of benzene rings is 1. The summed E-state index contributed by atoms with van der Waals surface area (Å²) in [4.78, 5) is 0. The van der Waals surface area contributed by atoms with Gasteiger partial charge in [-0.2, -0.15) is 0 Å². The zero-order valence-electron chi connectivity index (χ0n) is 11.7. The van der Waals surface area contributed by atoms with E-state index >= 15 is 0 Å². The largest absolute Gasteiger partial charge is 0.493 e. The van der Waals surface area contributed by atoms with Crippen molar-refractivity contribution in [2.75, 3.05) is 13.7 Å². The van der Waals surface area contributed by atoms with E-state index in [1.165, 1.54) is 6.42 Å². The number of rotatable bonds is 5. The number of aliphatic hydroxyl groups excluding tert-OH is 1. The highest BCUT2D eigenvalue weighted by Gasteiger charge is 2.27. The first-order chi connectivity index (χ1) is 8.97. The number of aliphatic hydroxyl groups is 1. The average Bonchev–Trinajstić information content (AvgIpc) is 2.34. The Balaban J connectivity index is 2.36. The van der Waals surface area contributed by atoms with E-state index < -0.39 is 5.41 Å². The first-order valence-corrected chi connectivity index (χ1v) is 7.01. The monoisotopic (exact) mass is 284 g/mol. The lowest BCUT2D eigenvalue weighted by atomic mass is 9.85. The summed E-state index contributed by atoms with van der Waals surface area (Å²) in [6.07, 6.45) is 3.67. The normalized spacial score (nSPS) is 16.1. The number of ether oxygens (including phenoxy) is 2. The van der Waals surface area contributed by atoms with Crippen LogP contribution in [0.15, 0.2) is 12.1 Å². The molecule has 4 heteroatoms. The molecule has 0 heterocycles. The highest BCUT2D eigenvalue weighted by Crippen LogP contribution is 2.40. The van der Waals surface area contributed by atoms with Crippen LogP contribution in [-0.4, -0.2) is 24.9 Å². The van der Waals surface area contributed by atoms with Gasteiger partial charge in [0.15, 0.2) is 11.5 Å². The maximum atomic E-state index is 9.50. The molecule has 1 N–H and O–H groups in total. The molecule has 1 aromatic rings. The summed E-state index contributed by atoms with van der Waals surface area (Å²) in [5, 5.41) is 10.1. The SMILES string of the molecule is COc1cc(Cl)c(C(C)(C)CO)cc1OC1CCC1. The molecule has 0 radical (unpaired) electrons. The van der Waals surface area contributed by atoms with E-state index in [-0.39, 0.29) is 12.7 Å². The fraction of sp³-hybridized carbons (Fsp3) is 0.600. The van der Waals surface area contributed by atoms with Gasteiger partial charge in [-0.3, -0.25) is 0 Å².